The van der Waals surface area contributed by atoms with Crippen molar-refractivity contribution in [1.29, 1.82) is 0 Å². The average Bonchev–Trinajstić information content (AvgIpc) is 2.69. The Balaban J connectivity index is 1.57. The van der Waals surface area contributed by atoms with Crippen molar-refractivity contribution in [1.82, 2.24) is 4.90 Å². The van der Waals surface area contributed by atoms with Crippen molar-refractivity contribution in [2.24, 2.45) is 0 Å². The fourth-order valence-corrected chi connectivity index (χ4v) is 3.62. The smallest absolute Gasteiger partial charge is 0.270 e. The molecule has 4 nitrogen and oxygen atoms in total. The van der Waals surface area contributed by atoms with E-state index >= 15 is 0 Å². The van der Waals surface area contributed by atoms with E-state index in [0.29, 0.717) is 47.8 Å². The van der Waals surface area contributed by atoms with Crippen LogP contribution < -0.4 is 4.74 Å². The summed E-state index contributed by atoms with van der Waals surface area (Å²) in [7, 11) is 0. The van der Waals surface area contributed by atoms with Gasteiger partial charge >= 0.3 is 0 Å². The molecule has 3 rings (SSSR count). The molecule has 1 unspecified atom stereocenters. The molecule has 1 aliphatic heterocycles. The van der Waals surface area contributed by atoms with Crippen molar-refractivity contribution in [2.75, 3.05) is 13.1 Å². The monoisotopic (exact) mass is 423 g/mol. The molecule has 1 fully saturated rings. The lowest BCUT2D eigenvalue weighted by Gasteiger charge is -2.35. The van der Waals surface area contributed by atoms with E-state index in [1.807, 2.05) is 4.90 Å². The lowest BCUT2D eigenvalue weighted by atomic mass is 10.0. The number of rotatable bonds is 6. The van der Waals surface area contributed by atoms with Crippen LogP contribution in [0.25, 0.3) is 0 Å². The van der Waals surface area contributed by atoms with Gasteiger partial charge in [-0.1, -0.05) is 35.9 Å². The van der Waals surface area contributed by atoms with Gasteiger partial charge in [0.1, 0.15) is 18.1 Å². The third-order valence-corrected chi connectivity index (χ3v) is 5.47. The highest BCUT2D eigenvalue weighted by Gasteiger charge is 2.28. The molecule has 29 heavy (non-hydrogen) atoms. The van der Waals surface area contributed by atoms with E-state index in [1.165, 1.54) is 31.2 Å². The maximum atomic E-state index is 13.3. The molecule has 0 aromatic heterocycles. The SMILES string of the molecule is CC(=O)c1ccc(OC2CCN(C(O)c3ccc(C(C)(F)F)cc3)CC2)c(Cl)c1. The van der Waals surface area contributed by atoms with Crippen LogP contribution in [0.15, 0.2) is 42.5 Å². The van der Waals surface area contributed by atoms with Gasteiger partial charge in [0.25, 0.3) is 5.92 Å². The van der Waals surface area contributed by atoms with Crippen molar-refractivity contribution in [2.45, 2.75) is 44.9 Å². The van der Waals surface area contributed by atoms with Crippen molar-refractivity contribution in [3.63, 3.8) is 0 Å². The molecular formula is C22H24ClF2NO3. The van der Waals surface area contributed by atoms with Crippen LogP contribution in [0.4, 0.5) is 8.78 Å². The van der Waals surface area contributed by atoms with Crippen LogP contribution in [-0.2, 0) is 5.92 Å². The van der Waals surface area contributed by atoms with Gasteiger partial charge in [-0.15, -0.1) is 0 Å². The molecule has 1 aliphatic rings. The van der Waals surface area contributed by atoms with Crippen molar-refractivity contribution < 1.29 is 23.4 Å². The second kappa shape index (κ2) is 8.78. The number of carbonyl (C=O) groups is 1. The van der Waals surface area contributed by atoms with Crippen LogP contribution in [0.3, 0.4) is 0 Å². The van der Waals surface area contributed by atoms with Crippen molar-refractivity contribution >= 4 is 17.4 Å². The van der Waals surface area contributed by atoms with Crippen LogP contribution in [0.1, 0.15) is 54.4 Å². The first-order chi connectivity index (χ1) is 13.6. The van der Waals surface area contributed by atoms with Gasteiger partial charge in [0.2, 0.25) is 0 Å². The number of hydrogen-bond donors (Lipinski definition) is 1. The number of carbonyl (C=O) groups excluding carboxylic acids is 1. The number of halogens is 3. The number of nitrogens with zero attached hydrogens (tertiary/aromatic N) is 1. The number of aliphatic hydroxyl groups excluding tert-OH is 1. The summed E-state index contributed by atoms with van der Waals surface area (Å²) in [5, 5.41) is 11.0. The summed E-state index contributed by atoms with van der Waals surface area (Å²) in [5.74, 6) is -2.42. The molecule has 0 saturated carbocycles. The predicted octanol–water partition coefficient (Wildman–Crippen LogP) is 5.19. The molecule has 1 N–H and O–H groups in total. The largest absolute Gasteiger partial charge is 0.489 e. The second-order valence-electron chi connectivity index (χ2n) is 7.44. The van der Waals surface area contributed by atoms with E-state index in [4.69, 9.17) is 16.3 Å². The first-order valence-electron chi connectivity index (χ1n) is 9.52. The van der Waals surface area contributed by atoms with Crippen molar-refractivity contribution in [3.8, 4) is 5.75 Å². The Bertz CT molecular complexity index is 859. The Morgan fingerprint density at radius 1 is 1.21 bits per heavy atom. The topological polar surface area (TPSA) is 49.8 Å². The van der Waals surface area contributed by atoms with Gasteiger partial charge < -0.3 is 9.84 Å². The lowest BCUT2D eigenvalue weighted by molar-refractivity contribution is -0.0303. The third-order valence-electron chi connectivity index (χ3n) is 5.17. The minimum atomic E-state index is -2.90. The number of hydrogen-bond acceptors (Lipinski definition) is 4. The maximum Gasteiger partial charge on any atom is 0.270 e. The fraction of sp³-hybridized carbons (Fsp3) is 0.409. The average molecular weight is 424 g/mol. The molecular weight excluding hydrogens is 400 g/mol. The zero-order valence-corrected chi connectivity index (χ0v) is 17.1. The van der Waals surface area contributed by atoms with Crippen LogP contribution in [-0.4, -0.2) is 35.0 Å². The Morgan fingerprint density at radius 2 is 1.83 bits per heavy atom. The summed E-state index contributed by atoms with van der Waals surface area (Å²) in [6.07, 6.45) is 0.467. The fourth-order valence-electron chi connectivity index (χ4n) is 3.39. The van der Waals surface area contributed by atoms with E-state index in [-0.39, 0.29) is 17.5 Å². The number of Topliss-reactive ketones (excluding diaryl/α,β-unsaturated/α-hetero) is 1. The van der Waals surface area contributed by atoms with Crippen LogP contribution in [0.2, 0.25) is 5.02 Å². The minimum absolute atomic E-state index is 0.0553. The Kier molecular flexibility index (Phi) is 6.56. The van der Waals surface area contributed by atoms with E-state index < -0.39 is 12.2 Å². The Morgan fingerprint density at radius 3 is 2.34 bits per heavy atom. The van der Waals surface area contributed by atoms with Crippen LogP contribution in [0, 0.1) is 0 Å². The van der Waals surface area contributed by atoms with Gasteiger partial charge in [-0.05, 0) is 43.5 Å². The molecule has 1 heterocycles. The number of piperidine rings is 1. The molecule has 1 atom stereocenters. The molecule has 0 amide bonds. The standard InChI is InChI=1S/C22H24ClF2NO3/c1-14(27)16-5-8-20(19(23)13-16)29-18-9-11-26(12-10-18)21(28)15-3-6-17(7-4-15)22(2,24)25/h3-8,13,18,21,28H,9-12H2,1-2H3. The first-order valence-corrected chi connectivity index (χ1v) is 9.90. The zero-order chi connectivity index (χ0) is 21.2. The number of ether oxygens (including phenoxy) is 1. The summed E-state index contributed by atoms with van der Waals surface area (Å²) in [6, 6.07) is 10.8. The summed E-state index contributed by atoms with van der Waals surface area (Å²) in [5.41, 5.74) is 1.04. The van der Waals surface area contributed by atoms with Gasteiger partial charge in [0.05, 0.1) is 5.02 Å². The van der Waals surface area contributed by atoms with E-state index in [2.05, 4.69) is 0 Å². The molecule has 7 heteroatoms. The van der Waals surface area contributed by atoms with E-state index in [0.717, 1.165) is 6.92 Å². The molecule has 1 saturated heterocycles. The van der Waals surface area contributed by atoms with E-state index in [1.54, 1.807) is 18.2 Å². The predicted molar refractivity (Wildman–Crippen MR) is 108 cm³/mol. The van der Waals surface area contributed by atoms with Gasteiger partial charge in [-0.3, -0.25) is 9.69 Å². The molecule has 0 spiro atoms. The van der Waals surface area contributed by atoms with Gasteiger partial charge in [0, 0.05) is 31.1 Å². The highest BCUT2D eigenvalue weighted by molar-refractivity contribution is 6.32. The van der Waals surface area contributed by atoms with E-state index in [9.17, 15) is 18.7 Å². The Hall–Kier alpha value is -2.02. The first kappa shape index (κ1) is 21.7. The third kappa shape index (κ3) is 5.32. The summed E-state index contributed by atoms with van der Waals surface area (Å²) in [4.78, 5) is 13.3. The highest BCUT2D eigenvalue weighted by Crippen LogP contribution is 2.31. The second-order valence-corrected chi connectivity index (χ2v) is 7.85. The summed E-state index contributed by atoms with van der Waals surface area (Å²) >= 11 is 6.22. The molecule has 0 radical (unpaired) electrons. The number of ketones is 1. The number of benzene rings is 2. The number of likely N-dealkylation sites (tertiary alicyclic amines) is 1. The van der Waals surface area contributed by atoms with Gasteiger partial charge in [-0.25, -0.2) is 8.78 Å². The number of aliphatic hydroxyl groups is 1. The van der Waals surface area contributed by atoms with Crippen LogP contribution in [0.5, 0.6) is 5.75 Å². The lowest BCUT2D eigenvalue weighted by Crippen LogP contribution is -2.40. The van der Waals surface area contributed by atoms with Crippen LogP contribution >= 0.6 is 11.6 Å². The van der Waals surface area contributed by atoms with Gasteiger partial charge in [0.15, 0.2) is 5.78 Å². The summed E-state index contributed by atoms with van der Waals surface area (Å²) in [6.45, 7) is 3.53. The highest BCUT2D eigenvalue weighted by atomic mass is 35.5. The molecule has 156 valence electrons. The van der Waals surface area contributed by atoms with Gasteiger partial charge in [-0.2, -0.15) is 0 Å². The molecule has 0 bridgehead atoms. The molecule has 0 aliphatic carbocycles. The summed E-state index contributed by atoms with van der Waals surface area (Å²) < 4.78 is 32.7. The Labute approximate surface area is 174 Å². The zero-order valence-electron chi connectivity index (χ0n) is 16.4. The van der Waals surface area contributed by atoms with Crippen molar-refractivity contribution in [3.05, 3.63) is 64.2 Å². The molecule has 2 aromatic carbocycles. The molecule has 2 aromatic rings. The maximum absolute atomic E-state index is 13.3. The normalized spacial score (nSPS) is 17.2. The minimum Gasteiger partial charge on any atom is -0.489 e. The number of alkyl halides is 2. The quantitative estimate of drug-likeness (QED) is 0.650.